The molecule has 5 nitrogen and oxygen atoms in total. The summed E-state index contributed by atoms with van der Waals surface area (Å²) >= 11 is 15.4. The Morgan fingerprint density at radius 1 is 0.931 bits per heavy atom. The van der Waals surface area contributed by atoms with Crippen molar-refractivity contribution in [2.75, 3.05) is 0 Å². The standard InChI is InChI=1S/C21H13BrCl2N2O3/c22-14-9-10-19(29-21(28)16-6-2-4-8-18(16)24)13(11-14)12-25-26-20(27)15-5-1-3-7-17(15)23/h1-12H,(H,26,27)/b25-12-. The van der Waals surface area contributed by atoms with Gasteiger partial charge in [0.25, 0.3) is 5.91 Å². The molecule has 1 amide bonds. The molecule has 0 aliphatic heterocycles. The van der Waals surface area contributed by atoms with Gasteiger partial charge in [-0.05, 0) is 42.5 Å². The number of nitrogens with zero attached hydrogens (tertiary/aromatic N) is 1. The van der Waals surface area contributed by atoms with Gasteiger partial charge in [-0.3, -0.25) is 4.79 Å². The normalized spacial score (nSPS) is 10.7. The van der Waals surface area contributed by atoms with Crippen LogP contribution in [0.25, 0.3) is 0 Å². The van der Waals surface area contributed by atoms with Crippen molar-refractivity contribution >= 4 is 57.2 Å². The Kier molecular flexibility index (Phi) is 7.04. The van der Waals surface area contributed by atoms with Crippen molar-refractivity contribution in [3.63, 3.8) is 0 Å². The first kappa shape index (κ1) is 21.0. The van der Waals surface area contributed by atoms with Crippen molar-refractivity contribution in [1.82, 2.24) is 5.43 Å². The molecule has 0 aliphatic carbocycles. The van der Waals surface area contributed by atoms with Crippen LogP contribution < -0.4 is 10.2 Å². The van der Waals surface area contributed by atoms with E-state index in [1.54, 1.807) is 66.7 Å². The van der Waals surface area contributed by atoms with E-state index in [4.69, 9.17) is 27.9 Å². The summed E-state index contributed by atoms with van der Waals surface area (Å²) in [5.74, 6) is -0.807. The molecule has 0 saturated heterocycles. The number of hydrogen-bond acceptors (Lipinski definition) is 4. The minimum atomic E-state index is -0.604. The van der Waals surface area contributed by atoms with E-state index < -0.39 is 11.9 Å². The van der Waals surface area contributed by atoms with E-state index in [2.05, 4.69) is 26.5 Å². The third-order valence-corrected chi connectivity index (χ3v) is 4.91. The summed E-state index contributed by atoms with van der Waals surface area (Å²) in [6.45, 7) is 0. The largest absolute Gasteiger partial charge is 0.422 e. The van der Waals surface area contributed by atoms with Crippen LogP contribution >= 0.6 is 39.1 Å². The maximum absolute atomic E-state index is 12.4. The van der Waals surface area contributed by atoms with Gasteiger partial charge in [-0.25, -0.2) is 10.2 Å². The number of rotatable bonds is 5. The maximum atomic E-state index is 12.4. The summed E-state index contributed by atoms with van der Waals surface area (Å²) in [5, 5.41) is 4.54. The molecule has 0 aromatic heterocycles. The van der Waals surface area contributed by atoms with Gasteiger partial charge in [-0.1, -0.05) is 63.4 Å². The average Bonchev–Trinajstić information content (AvgIpc) is 2.70. The van der Waals surface area contributed by atoms with Crippen LogP contribution in [-0.2, 0) is 0 Å². The Morgan fingerprint density at radius 3 is 2.21 bits per heavy atom. The van der Waals surface area contributed by atoms with Gasteiger partial charge in [0.1, 0.15) is 5.75 Å². The number of halogens is 3. The first-order valence-electron chi connectivity index (χ1n) is 8.30. The molecule has 0 unspecified atom stereocenters. The number of hydrogen-bond donors (Lipinski definition) is 1. The van der Waals surface area contributed by atoms with E-state index in [1.165, 1.54) is 6.21 Å². The highest BCUT2D eigenvalue weighted by Crippen LogP contribution is 2.24. The van der Waals surface area contributed by atoms with Crippen molar-refractivity contribution in [1.29, 1.82) is 0 Å². The van der Waals surface area contributed by atoms with Gasteiger partial charge in [0.15, 0.2) is 0 Å². The fourth-order valence-corrected chi connectivity index (χ4v) is 3.17. The molecular formula is C21H13BrCl2N2O3. The number of benzene rings is 3. The number of amides is 1. The van der Waals surface area contributed by atoms with Crippen LogP contribution in [0.2, 0.25) is 10.0 Å². The average molecular weight is 492 g/mol. The summed E-state index contributed by atoms with van der Waals surface area (Å²) in [5.41, 5.74) is 3.41. The fourth-order valence-electron chi connectivity index (χ4n) is 2.36. The minimum Gasteiger partial charge on any atom is -0.422 e. The third kappa shape index (κ3) is 5.44. The Hall–Kier alpha value is -2.67. The molecule has 0 saturated carbocycles. The van der Waals surface area contributed by atoms with Gasteiger partial charge in [0, 0.05) is 10.0 Å². The topological polar surface area (TPSA) is 67.8 Å². The van der Waals surface area contributed by atoms with E-state index in [-0.39, 0.29) is 16.3 Å². The lowest BCUT2D eigenvalue weighted by Crippen LogP contribution is -2.18. The van der Waals surface area contributed by atoms with E-state index in [0.717, 1.165) is 4.47 Å². The zero-order valence-corrected chi connectivity index (χ0v) is 17.8. The number of carbonyl (C=O) groups excluding carboxylic acids is 2. The van der Waals surface area contributed by atoms with Crippen molar-refractivity contribution in [3.8, 4) is 5.75 Å². The van der Waals surface area contributed by atoms with Crippen molar-refractivity contribution < 1.29 is 14.3 Å². The van der Waals surface area contributed by atoms with Gasteiger partial charge in [0.2, 0.25) is 0 Å². The van der Waals surface area contributed by atoms with E-state index in [0.29, 0.717) is 16.1 Å². The molecule has 0 atom stereocenters. The Morgan fingerprint density at radius 2 is 1.55 bits per heavy atom. The number of ether oxygens (including phenoxy) is 1. The van der Waals surface area contributed by atoms with Gasteiger partial charge in [-0.2, -0.15) is 5.10 Å². The fraction of sp³-hybridized carbons (Fsp3) is 0. The number of hydrazone groups is 1. The molecular weight excluding hydrogens is 479 g/mol. The van der Waals surface area contributed by atoms with Crippen LogP contribution in [0.4, 0.5) is 0 Å². The molecule has 3 rings (SSSR count). The first-order chi connectivity index (χ1) is 14.0. The molecule has 3 aromatic carbocycles. The van der Waals surface area contributed by atoms with Crippen LogP contribution in [-0.4, -0.2) is 18.1 Å². The molecule has 29 heavy (non-hydrogen) atoms. The van der Waals surface area contributed by atoms with Crippen LogP contribution in [0.5, 0.6) is 5.75 Å². The van der Waals surface area contributed by atoms with Gasteiger partial charge >= 0.3 is 5.97 Å². The molecule has 8 heteroatoms. The predicted molar refractivity (Wildman–Crippen MR) is 117 cm³/mol. The summed E-state index contributed by atoms with van der Waals surface area (Å²) in [7, 11) is 0. The quantitative estimate of drug-likeness (QED) is 0.214. The first-order valence-corrected chi connectivity index (χ1v) is 9.85. The summed E-state index contributed by atoms with van der Waals surface area (Å²) in [6.07, 6.45) is 1.37. The van der Waals surface area contributed by atoms with Gasteiger partial charge in [0.05, 0.1) is 27.4 Å². The molecule has 0 radical (unpaired) electrons. The summed E-state index contributed by atoms with van der Waals surface area (Å²) in [6, 6.07) is 18.2. The molecule has 3 aromatic rings. The highest BCUT2D eigenvalue weighted by molar-refractivity contribution is 9.10. The Bertz CT molecular complexity index is 1100. The number of esters is 1. The highest BCUT2D eigenvalue weighted by atomic mass is 79.9. The molecule has 0 bridgehead atoms. The smallest absolute Gasteiger partial charge is 0.345 e. The van der Waals surface area contributed by atoms with E-state index in [9.17, 15) is 9.59 Å². The van der Waals surface area contributed by atoms with Gasteiger partial charge in [-0.15, -0.1) is 0 Å². The Balaban J connectivity index is 1.77. The lowest BCUT2D eigenvalue weighted by molar-refractivity contribution is 0.0734. The summed E-state index contributed by atoms with van der Waals surface area (Å²) in [4.78, 5) is 24.6. The minimum absolute atomic E-state index is 0.243. The second-order valence-corrected chi connectivity index (χ2v) is 7.46. The van der Waals surface area contributed by atoms with Crippen LogP contribution in [0.15, 0.2) is 76.3 Å². The number of nitrogens with one attached hydrogen (secondary N) is 1. The van der Waals surface area contributed by atoms with Crippen LogP contribution in [0, 0.1) is 0 Å². The van der Waals surface area contributed by atoms with Crippen molar-refractivity contribution in [2.24, 2.45) is 5.10 Å². The van der Waals surface area contributed by atoms with Crippen LogP contribution in [0.1, 0.15) is 26.3 Å². The molecule has 0 spiro atoms. The third-order valence-electron chi connectivity index (χ3n) is 3.76. The molecule has 0 aliphatic rings. The van der Waals surface area contributed by atoms with E-state index in [1.807, 2.05) is 0 Å². The zero-order chi connectivity index (χ0) is 20.8. The SMILES string of the molecule is O=C(N/N=C\c1cc(Br)ccc1OC(=O)c1ccccc1Cl)c1ccccc1Cl. The molecule has 1 N–H and O–H groups in total. The second kappa shape index (κ2) is 9.69. The Labute approximate surface area is 185 Å². The summed E-state index contributed by atoms with van der Waals surface area (Å²) < 4.78 is 6.20. The van der Waals surface area contributed by atoms with E-state index >= 15 is 0 Å². The maximum Gasteiger partial charge on any atom is 0.345 e. The molecule has 146 valence electrons. The predicted octanol–water partition coefficient (Wildman–Crippen LogP) is 5.74. The lowest BCUT2D eigenvalue weighted by atomic mass is 10.2. The number of carbonyl (C=O) groups is 2. The zero-order valence-electron chi connectivity index (χ0n) is 14.7. The lowest BCUT2D eigenvalue weighted by Gasteiger charge is -2.09. The van der Waals surface area contributed by atoms with Crippen LogP contribution in [0.3, 0.4) is 0 Å². The van der Waals surface area contributed by atoms with Crippen molar-refractivity contribution in [3.05, 3.63) is 97.9 Å². The monoisotopic (exact) mass is 490 g/mol. The van der Waals surface area contributed by atoms with Crippen molar-refractivity contribution in [2.45, 2.75) is 0 Å². The molecule has 0 fully saturated rings. The highest BCUT2D eigenvalue weighted by Gasteiger charge is 2.14. The van der Waals surface area contributed by atoms with Gasteiger partial charge < -0.3 is 4.74 Å². The second-order valence-electron chi connectivity index (χ2n) is 5.73. The molecule has 0 heterocycles.